The average molecular weight is 314 g/mol. The molecule has 0 N–H and O–H groups in total. The first kappa shape index (κ1) is 15.0. The maximum atomic E-state index is 6.48. The number of ether oxygens (including phenoxy) is 1. The fourth-order valence-electron chi connectivity index (χ4n) is 3.71. The molecule has 0 bridgehead atoms. The second-order valence-electron chi connectivity index (χ2n) is 6.90. The van der Waals surface area contributed by atoms with Crippen LogP contribution in [0.25, 0.3) is 0 Å². The SMILES string of the molecule is Cc1ccc(C2CC(C)(c3ccccc3)Oc3ccccc32)cc1. The minimum atomic E-state index is -0.314. The standard InChI is InChI=1S/C23H22O/c1-17-12-14-18(15-13-17)21-16-23(2,19-8-4-3-5-9-19)24-22-11-7-6-10-20(21)22/h3-15,21H,16H2,1-2H3. The summed E-state index contributed by atoms with van der Waals surface area (Å²) >= 11 is 0. The molecule has 1 aliphatic heterocycles. The van der Waals surface area contributed by atoms with Crippen molar-refractivity contribution in [3.8, 4) is 5.75 Å². The molecule has 24 heavy (non-hydrogen) atoms. The van der Waals surface area contributed by atoms with Gasteiger partial charge in [0.25, 0.3) is 0 Å². The van der Waals surface area contributed by atoms with Crippen molar-refractivity contribution in [2.24, 2.45) is 0 Å². The van der Waals surface area contributed by atoms with Gasteiger partial charge >= 0.3 is 0 Å². The van der Waals surface area contributed by atoms with Crippen LogP contribution in [0.15, 0.2) is 78.9 Å². The maximum absolute atomic E-state index is 6.48. The van der Waals surface area contributed by atoms with Crippen molar-refractivity contribution in [2.75, 3.05) is 0 Å². The number of hydrogen-bond donors (Lipinski definition) is 0. The van der Waals surface area contributed by atoms with Crippen molar-refractivity contribution in [2.45, 2.75) is 31.8 Å². The van der Waals surface area contributed by atoms with Crippen LogP contribution >= 0.6 is 0 Å². The quantitative estimate of drug-likeness (QED) is 0.578. The normalized spacial score (nSPS) is 22.5. The Kier molecular flexibility index (Phi) is 3.65. The Morgan fingerprint density at radius 1 is 0.833 bits per heavy atom. The molecule has 4 rings (SSSR count). The van der Waals surface area contributed by atoms with Crippen molar-refractivity contribution < 1.29 is 4.74 Å². The van der Waals surface area contributed by atoms with Crippen molar-refractivity contribution in [1.82, 2.24) is 0 Å². The summed E-state index contributed by atoms with van der Waals surface area (Å²) in [7, 11) is 0. The zero-order chi connectivity index (χ0) is 16.6. The average Bonchev–Trinajstić information content (AvgIpc) is 2.62. The van der Waals surface area contributed by atoms with E-state index in [1.54, 1.807) is 0 Å². The Balaban J connectivity index is 1.82. The molecule has 0 aliphatic carbocycles. The molecular weight excluding hydrogens is 292 g/mol. The summed E-state index contributed by atoms with van der Waals surface area (Å²) < 4.78 is 6.48. The summed E-state index contributed by atoms with van der Waals surface area (Å²) in [5.41, 5.74) is 4.86. The van der Waals surface area contributed by atoms with Gasteiger partial charge in [-0.15, -0.1) is 0 Å². The van der Waals surface area contributed by atoms with Crippen molar-refractivity contribution >= 4 is 0 Å². The van der Waals surface area contributed by atoms with E-state index in [1.165, 1.54) is 22.3 Å². The van der Waals surface area contributed by atoms with Gasteiger partial charge in [-0.05, 0) is 31.0 Å². The predicted octanol–water partition coefficient (Wildman–Crippen LogP) is 5.82. The van der Waals surface area contributed by atoms with E-state index < -0.39 is 0 Å². The van der Waals surface area contributed by atoms with Crippen LogP contribution in [0.4, 0.5) is 0 Å². The molecule has 1 heteroatoms. The summed E-state index contributed by atoms with van der Waals surface area (Å²) in [6.45, 7) is 4.34. The van der Waals surface area contributed by atoms with E-state index in [9.17, 15) is 0 Å². The van der Waals surface area contributed by atoms with Gasteiger partial charge in [0.1, 0.15) is 11.4 Å². The van der Waals surface area contributed by atoms with Gasteiger partial charge in [0, 0.05) is 17.9 Å². The molecule has 0 saturated heterocycles. The molecule has 2 unspecified atom stereocenters. The summed E-state index contributed by atoms with van der Waals surface area (Å²) in [4.78, 5) is 0. The monoisotopic (exact) mass is 314 g/mol. The summed E-state index contributed by atoms with van der Waals surface area (Å²) in [5.74, 6) is 1.35. The highest BCUT2D eigenvalue weighted by Gasteiger charge is 2.39. The second-order valence-corrected chi connectivity index (χ2v) is 6.90. The van der Waals surface area contributed by atoms with Crippen LogP contribution in [0.2, 0.25) is 0 Å². The molecule has 3 aromatic rings. The predicted molar refractivity (Wildman–Crippen MR) is 98.5 cm³/mol. The number of fused-ring (bicyclic) bond motifs is 1. The van der Waals surface area contributed by atoms with Crippen molar-refractivity contribution in [3.63, 3.8) is 0 Å². The zero-order valence-corrected chi connectivity index (χ0v) is 14.2. The van der Waals surface area contributed by atoms with Crippen molar-refractivity contribution in [3.05, 3.63) is 101 Å². The van der Waals surface area contributed by atoms with E-state index in [-0.39, 0.29) is 5.60 Å². The lowest BCUT2D eigenvalue weighted by atomic mass is 9.76. The van der Waals surface area contributed by atoms with Crippen LogP contribution in [0.1, 0.15) is 41.5 Å². The largest absolute Gasteiger partial charge is 0.483 e. The molecule has 3 aromatic carbocycles. The Morgan fingerprint density at radius 2 is 1.50 bits per heavy atom. The summed E-state index contributed by atoms with van der Waals surface area (Å²) in [5, 5.41) is 0. The molecule has 120 valence electrons. The number of rotatable bonds is 2. The Bertz CT molecular complexity index is 835. The van der Waals surface area contributed by atoms with Crippen LogP contribution in [-0.2, 0) is 5.60 Å². The smallest absolute Gasteiger partial charge is 0.132 e. The van der Waals surface area contributed by atoms with Crippen LogP contribution in [-0.4, -0.2) is 0 Å². The third kappa shape index (κ3) is 2.60. The van der Waals surface area contributed by atoms with E-state index in [0.717, 1.165) is 12.2 Å². The van der Waals surface area contributed by atoms with Crippen LogP contribution in [0, 0.1) is 6.92 Å². The third-order valence-corrected chi connectivity index (χ3v) is 5.09. The first-order chi connectivity index (χ1) is 11.7. The van der Waals surface area contributed by atoms with Gasteiger partial charge in [-0.1, -0.05) is 78.4 Å². The summed E-state index contributed by atoms with van der Waals surface area (Å²) in [6, 6.07) is 27.9. The lowest BCUT2D eigenvalue weighted by Gasteiger charge is -2.40. The highest BCUT2D eigenvalue weighted by atomic mass is 16.5. The van der Waals surface area contributed by atoms with E-state index in [4.69, 9.17) is 4.74 Å². The van der Waals surface area contributed by atoms with Gasteiger partial charge < -0.3 is 4.74 Å². The lowest BCUT2D eigenvalue weighted by Crippen LogP contribution is -2.35. The van der Waals surface area contributed by atoms with E-state index in [2.05, 4.69) is 92.7 Å². The first-order valence-electron chi connectivity index (χ1n) is 8.56. The van der Waals surface area contributed by atoms with Gasteiger partial charge in [-0.25, -0.2) is 0 Å². The number of benzene rings is 3. The van der Waals surface area contributed by atoms with Gasteiger partial charge in [-0.2, -0.15) is 0 Å². The molecule has 0 radical (unpaired) electrons. The summed E-state index contributed by atoms with van der Waals surface area (Å²) in [6.07, 6.45) is 0.942. The molecule has 0 amide bonds. The highest BCUT2D eigenvalue weighted by Crippen LogP contribution is 2.48. The molecule has 2 atom stereocenters. The van der Waals surface area contributed by atoms with E-state index in [0.29, 0.717) is 5.92 Å². The molecule has 0 saturated carbocycles. The van der Waals surface area contributed by atoms with E-state index >= 15 is 0 Å². The fraction of sp³-hybridized carbons (Fsp3) is 0.217. The molecule has 0 fully saturated rings. The van der Waals surface area contributed by atoms with Gasteiger partial charge in [-0.3, -0.25) is 0 Å². The highest BCUT2D eigenvalue weighted by molar-refractivity contribution is 5.46. The second kappa shape index (κ2) is 5.83. The Hall–Kier alpha value is -2.54. The molecule has 1 aliphatic rings. The Labute approximate surface area is 143 Å². The van der Waals surface area contributed by atoms with Crippen molar-refractivity contribution in [1.29, 1.82) is 0 Å². The topological polar surface area (TPSA) is 9.23 Å². The molecule has 0 spiro atoms. The van der Waals surface area contributed by atoms with Gasteiger partial charge in [0.05, 0.1) is 0 Å². The maximum Gasteiger partial charge on any atom is 0.132 e. The number of para-hydroxylation sites is 1. The van der Waals surface area contributed by atoms with Crippen LogP contribution in [0.5, 0.6) is 5.75 Å². The lowest BCUT2D eigenvalue weighted by molar-refractivity contribution is 0.0555. The molecule has 1 nitrogen and oxygen atoms in total. The molecule has 0 aromatic heterocycles. The minimum absolute atomic E-state index is 0.314. The number of aryl methyl sites for hydroxylation is 1. The van der Waals surface area contributed by atoms with Gasteiger partial charge in [0.15, 0.2) is 0 Å². The molecular formula is C23H22O. The van der Waals surface area contributed by atoms with Crippen LogP contribution < -0.4 is 4.74 Å². The zero-order valence-electron chi connectivity index (χ0n) is 14.2. The number of hydrogen-bond acceptors (Lipinski definition) is 1. The minimum Gasteiger partial charge on any atom is -0.483 e. The van der Waals surface area contributed by atoms with E-state index in [1.807, 2.05) is 0 Å². The Morgan fingerprint density at radius 3 is 2.25 bits per heavy atom. The van der Waals surface area contributed by atoms with Gasteiger partial charge in [0.2, 0.25) is 0 Å². The fourth-order valence-corrected chi connectivity index (χ4v) is 3.71. The van der Waals surface area contributed by atoms with Crippen LogP contribution in [0.3, 0.4) is 0 Å². The molecule has 1 heterocycles. The first-order valence-corrected chi connectivity index (χ1v) is 8.56. The third-order valence-electron chi connectivity index (χ3n) is 5.09.